The second-order valence-electron chi connectivity index (χ2n) is 5.97. The molecule has 2 heterocycles. The largest absolute Gasteiger partial charge is 0.497 e. The molecule has 2 amide bonds. The molecule has 1 fully saturated rings. The summed E-state index contributed by atoms with van der Waals surface area (Å²) in [5.74, 6) is 0.564. The Labute approximate surface area is 152 Å². The molecule has 1 aliphatic heterocycles. The Hall–Kier alpha value is -3.15. The van der Waals surface area contributed by atoms with Crippen LogP contribution in [0, 0.1) is 0 Å². The molecule has 1 aromatic carbocycles. The first-order valence-corrected chi connectivity index (χ1v) is 8.48. The molecule has 0 unspecified atom stereocenters. The minimum absolute atomic E-state index is 0.0399. The summed E-state index contributed by atoms with van der Waals surface area (Å²) in [4.78, 5) is 32.4. The van der Waals surface area contributed by atoms with E-state index in [-0.39, 0.29) is 11.8 Å². The Morgan fingerprint density at radius 3 is 2.54 bits per heavy atom. The Morgan fingerprint density at radius 2 is 1.85 bits per heavy atom. The quantitative estimate of drug-likeness (QED) is 0.792. The second-order valence-corrected chi connectivity index (χ2v) is 5.97. The van der Waals surface area contributed by atoms with Gasteiger partial charge in [-0.2, -0.15) is 0 Å². The maximum absolute atomic E-state index is 12.6. The summed E-state index contributed by atoms with van der Waals surface area (Å²) in [7, 11) is 1.58. The van der Waals surface area contributed by atoms with E-state index in [0.717, 1.165) is 5.56 Å². The van der Waals surface area contributed by atoms with Crippen molar-refractivity contribution in [2.75, 3.05) is 33.3 Å². The van der Waals surface area contributed by atoms with Crippen molar-refractivity contribution >= 4 is 17.9 Å². The summed E-state index contributed by atoms with van der Waals surface area (Å²) in [6, 6.07) is 10.8. The summed E-state index contributed by atoms with van der Waals surface area (Å²) >= 11 is 0. The van der Waals surface area contributed by atoms with Crippen LogP contribution < -0.4 is 4.74 Å². The molecule has 1 aliphatic rings. The highest BCUT2D eigenvalue weighted by Gasteiger charge is 2.24. The van der Waals surface area contributed by atoms with Gasteiger partial charge in [-0.3, -0.25) is 14.6 Å². The van der Waals surface area contributed by atoms with Crippen LogP contribution in [-0.4, -0.2) is 59.9 Å². The van der Waals surface area contributed by atoms with E-state index in [2.05, 4.69) is 4.98 Å². The number of carbonyl (C=O) groups is 2. The average Bonchev–Trinajstić information content (AvgIpc) is 2.72. The normalized spacial score (nSPS) is 14.5. The Kier molecular flexibility index (Phi) is 5.63. The van der Waals surface area contributed by atoms with Crippen LogP contribution in [0.5, 0.6) is 5.75 Å². The molecule has 0 N–H and O–H groups in total. The number of carbonyl (C=O) groups excluding carboxylic acids is 2. The third kappa shape index (κ3) is 4.27. The number of pyridine rings is 1. The second kappa shape index (κ2) is 8.29. The first kappa shape index (κ1) is 17.7. The Bertz CT molecular complexity index is 797. The molecule has 6 heteroatoms. The van der Waals surface area contributed by atoms with Crippen molar-refractivity contribution in [3.63, 3.8) is 0 Å². The zero-order valence-electron chi connectivity index (χ0n) is 14.7. The van der Waals surface area contributed by atoms with Gasteiger partial charge < -0.3 is 14.5 Å². The predicted octanol–water partition coefficient (Wildman–Crippen LogP) is 2.09. The van der Waals surface area contributed by atoms with E-state index in [1.165, 1.54) is 0 Å². The summed E-state index contributed by atoms with van der Waals surface area (Å²) in [5.41, 5.74) is 1.48. The number of piperazine rings is 1. The summed E-state index contributed by atoms with van der Waals surface area (Å²) in [6.45, 7) is 2.07. The van der Waals surface area contributed by atoms with E-state index >= 15 is 0 Å². The number of amides is 2. The zero-order chi connectivity index (χ0) is 18.4. The van der Waals surface area contributed by atoms with E-state index in [0.29, 0.717) is 37.5 Å². The van der Waals surface area contributed by atoms with Crippen LogP contribution in [0.4, 0.5) is 0 Å². The molecule has 1 saturated heterocycles. The standard InChI is InChI=1S/C20H21N3O3/c1-26-18-6-2-5-17(14-18)20(25)23-12-10-22(11-13-23)19(24)8-7-16-4-3-9-21-15-16/h2-9,14-15H,10-13H2,1H3/b8-7+. The van der Waals surface area contributed by atoms with Crippen molar-refractivity contribution in [1.29, 1.82) is 0 Å². The van der Waals surface area contributed by atoms with Crippen LogP contribution in [0.2, 0.25) is 0 Å². The topological polar surface area (TPSA) is 62.7 Å². The first-order valence-electron chi connectivity index (χ1n) is 8.48. The maximum Gasteiger partial charge on any atom is 0.254 e. The third-order valence-electron chi connectivity index (χ3n) is 4.30. The molecule has 3 rings (SSSR count). The smallest absolute Gasteiger partial charge is 0.254 e. The molecule has 6 nitrogen and oxygen atoms in total. The number of nitrogens with zero attached hydrogens (tertiary/aromatic N) is 3. The molecule has 0 saturated carbocycles. The van der Waals surface area contributed by atoms with Crippen LogP contribution in [0.1, 0.15) is 15.9 Å². The van der Waals surface area contributed by atoms with E-state index in [1.54, 1.807) is 59.7 Å². The van der Waals surface area contributed by atoms with Crippen molar-refractivity contribution in [2.45, 2.75) is 0 Å². The van der Waals surface area contributed by atoms with E-state index in [9.17, 15) is 9.59 Å². The van der Waals surface area contributed by atoms with Crippen molar-refractivity contribution in [3.8, 4) is 5.75 Å². The number of hydrogen-bond donors (Lipinski definition) is 0. The van der Waals surface area contributed by atoms with Crippen molar-refractivity contribution in [3.05, 3.63) is 66.0 Å². The third-order valence-corrected chi connectivity index (χ3v) is 4.30. The van der Waals surface area contributed by atoms with Crippen LogP contribution in [0.25, 0.3) is 6.08 Å². The van der Waals surface area contributed by atoms with Crippen molar-refractivity contribution in [1.82, 2.24) is 14.8 Å². The lowest BCUT2D eigenvalue weighted by Crippen LogP contribution is -2.50. The van der Waals surface area contributed by atoms with Crippen LogP contribution in [0.3, 0.4) is 0 Å². The Balaban J connectivity index is 1.56. The summed E-state index contributed by atoms with van der Waals surface area (Å²) in [5, 5.41) is 0. The minimum atomic E-state index is -0.0534. The maximum atomic E-state index is 12.6. The number of benzene rings is 1. The summed E-state index contributed by atoms with van der Waals surface area (Å²) in [6.07, 6.45) is 6.70. The number of methoxy groups -OCH3 is 1. The van der Waals surface area contributed by atoms with Gasteiger partial charge in [-0.25, -0.2) is 0 Å². The highest BCUT2D eigenvalue weighted by atomic mass is 16.5. The van der Waals surface area contributed by atoms with E-state index < -0.39 is 0 Å². The first-order chi connectivity index (χ1) is 12.7. The highest BCUT2D eigenvalue weighted by molar-refractivity contribution is 5.95. The molecular formula is C20H21N3O3. The monoisotopic (exact) mass is 351 g/mol. The number of hydrogen-bond acceptors (Lipinski definition) is 4. The molecule has 134 valence electrons. The molecule has 0 bridgehead atoms. The summed E-state index contributed by atoms with van der Waals surface area (Å²) < 4.78 is 5.17. The molecule has 0 aliphatic carbocycles. The number of aromatic nitrogens is 1. The van der Waals surface area contributed by atoms with Gasteiger partial charge in [0.05, 0.1) is 7.11 Å². The molecule has 2 aromatic rings. The molecule has 0 spiro atoms. The highest BCUT2D eigenvalue weighted by Crippen LogP contribution is 2.15. The molecule has 26 heavy (non-hydrogen) atoms. The zero-order valence-corrected chi connectivity index (χ0v) is 14.7. The van der Waals surface area contributed by atoms with Gasteiger partial charge in [0.1, 0.15) is 5.75 Å². The lowest BCUT2D eigenvalue weighted by Gasteiger charge is -2.34. The average molecular weight is 351 g/mol. The van der Waals surface area contributed by atoms with Gasteiger partial charge in [0.25, 0.3) is 5.91 Å². The minimum Gasteiger partial charge on any atom is -0.497 e. The van der Waals surface area contributed by atoms with Crippen LogP contribution in [-0.2, 0) is 4.79 Å². The van der Waals surface area contributed by atoms with Gasteiger partial charge in [0.15, 0.2) is 0 Å². The fraction of sp³-hybridized carbons (Fsp3) is 0.250. The molecule has 1 aromatic heterocycles. The fourth-order valence-corrected chi connectivity index (χ4v) is 2.82. The molecule has 0 radical (unpaired) electrons. The SMILES string of the molecule is COc1cccc(C(=O)N2CCN(C(=O)/C=C/c3cccnc3)CC2)c1. The lowest BCUT2D eigenvalue weighted by atomic mass is 10.1. The van der Waals surface area contributed by atoms with E-state index in [1.807, 2.05) is 18.2 Å². The van der Waals surface area contributed by atoms with Gasteiger partial charge in [-0.05, 0) is 35.9 Å². The molecule has 0 atom stereocenters. The Morgan fingerprint density at radius 1 is 1.08 bits per heavy atom. The van der Waals surface area contributed by atoms with Crippen molar-refractivity contribution < 1.29 is 14.3 Å². The van der Waals surface area contributed by atoms with E-state index in [4.69, 9.17) is 4.74 Å². The van der Waals surface area contributed by atoms with Crippen molar-refractivity contribution in [2.24, 2.45) is 0 Å². The van der Waals surface area contributed by atoms with Crippen LogP contribution >= 0.6 is 0 Å². The lowest BCUT2D eigenvalue weighted by molar-refractivity contribution is -0.127. The molecular weight excluding hydrogens is 330 g/mol. The van der Waals surface area contributed by atoms with Crippen LogP contribution in [0.15, 0.2) is 54.9 Å². The van der Waals surface area contributed by atoms with Gasteiger partial charge in [0, 0.05) is 50.2 Å². The number of ether oxygens (including phenoxy) is 1. The van der Waals surface area contributed by atoms with Gasteiger partial charge in [0.2, 0.25) is 5.91 Å². The fourth-order valence-electron chi connectivity index (χ4n) is 2.82. The van der Waals surface area contributed by atoms with Gasteiger partial charge in [-0.15, -0.1) is 0 Å². The number of rotatable bonds is 4. The van der Waals surface area contributed by atoms with Gasteiger partial charge >= 0.3 is 0 Å². The van der Waals surface area contributed by atoms with Gasteiger partial charge in [-0.1, -0.05) is 12.1 Å². The predicted molar refractivity (Wildman–Crippen MR) is 98.7 cm³/mol.